The summed E-state index contributed by atoms with van der Waals surface area (Å²) in [6.07, 6.45) is 4.63. The highest BCUT2D eigenvalue weighted by Gasteiger charge is 2.58. The number of hydrazone groups is 1. The van der Waals surface area contributed by atoms with Crippen molar-refractivity contribution in [3.63, 3.8) is 0 Å². The standard InChI is InChI=1S/C35H26BrN5O3S/c1-43-27-15-12-23(13-16-27)33-24(21-40(39-33)26-10-6-3-7-11-26)18-32-35(37-34(42)45-32)41-30(28-19-25(36)14-17-31(28)44-35)20-29(38-41)22-8-4-2-5-9-22/h2-19,21,30H,20H2,1H3,(H,37,42). The summed E-state index contributed by atoms with van der Waals surface area (Å²) in [4.78, 5) is 14.0. The molecular weight excluding hydrogens is 650 g/mol. The molecule has 8 nitrogen and oxygen atoms in total. The third-order valence-corrected chi connectivity index (χ3v) is 9.55. The molecule has 2 atom stereocenters. The zero-order valence-corrected chi connectivity index (χ0v) is 26.5. The molecule has 222 valence electrons. The van der Waals surface area contributed by atoms with Crippen LogP contribution in [0.25, 0.3) is 23.0 Å². The summed E-state index contributed by atoms with van der Waals surface area (Å²) in [7, 11) is 1.65. The molecule has 0 saturated carbocycles. The van der Waals surface area contributed by atoms with Crippen LogP contribution in [0.2, 0.25) is 0 Å². The maximum atomic E-state index is 13.3. The minimum atomic E-state index is -1.34. The number of methoxy groups -OCH3 is 1. The molecule has 1 saturated heterocycles. The van der Waals surface area contributed by atoms with Crippen molar-refractivity contribution in [2.45, 2.75) is 18.3 Å². The van der Waals surface area contributed by atoms with Crippen LogP contribution in [0.5, 0.6) is 11.5 Å². The lowest BCUT2D eigenvalue weighted by Gasteiger charge is -2.45. The number of rotatable bonds is 5. The number of nitrogens with zero attached hydrogens (tertiary/aromatic N) is 4. The number of amides is 1. The quantitative estimate of drug-likeness (QED) is 0.203. The van der Waals surface area contributed by atoms with Gasteiger partial charge in [0.15, 0.2) is 0 Å². The molecule has 2 unspecified atom stereocenters. The number of ether oxygens (including phenoxy) is 2. The Morgan fingerprint density at radius 1 is 1.00 bits per heavy atom. The van der Waals surface area contributed by atoms with Crippen LogP contribution in [-0.4, -0.2) is 38.7 Å². The Hall–Kier alpha value is -4.80. The average molecular weight is 677 g/mol. The Morgan fingerprint density at radius 3 is 2.51 bits per heavy atom. The van der Waals surface area contributed by atoms with Gasteiger partial charge in [-0.25, -0.2) is 9.69 Å². The number of carbonyl (C=O) groups is 1. The lowest BCUT2D eigenvalue weighted by Crippen LogP contribution is -2.61. The van der Waals surface area contributed by atoms with Crippen molar-refractivity contribution in [1.29, 1.82) is 0 Å². The van der Waals surface area contributed by atoms with Gasteiger partial charge in [-0.15, -0.1) is 0 Å². The Balaban J connectivity index is 1.30. The molecule has 3 aliphatic heterocycles. The molecule has 45 heavy (non-hydrogen) atoms. The molecule has 1 fully saturated rings. The van der Waals surface area contributed by atoms with Crippen LogP contribution in [0, 0.1) is 0 Å². The highest BCUT2D eigenvalue weighted by atomic mass is 79.9. The van der Waals surface area contributed by atoms with Crippen molar-refractivity contribution in [2.75, 3.05) is 7.11 Å². The monoisotopic (exact) mass is 675 g/mol. The zero-order chi connectivity index (χ0) is 30.5. The first-order chi connectivity index (χ1) is 22.0. The van der Waals surface area contributed by atoms with Gasteiger partial charge < -0.3 is 9.47 Å². The second-order valence-corrected chi connectivity index (χ2v) is 12.8. The van der Waals surface area contributed by atoms with E-state index >= 15 is 0 Å². The van der Waals surface area contributed by atoms with Gasteiger partial charge in [0.1, 0.15) is 11.5 Å². The molecule has 4 heterocycles. The van der Waals surface area contributed by atoms with E-state index in [-0.39, 0.29) is 11.3 Å². The van der Waals surface area contributed by atoms with Crippen molar-refractivity contribution in [3.05, 3.63) is 135 Å². The number of benzene rings is 4. The molecule has 1 aromatic heterocycles. The van der Waals surface area contributed by atoms with Crippen molar-refractivity contribution in [2.24, 2.45) is 5.10 Å². The minimum absolute atomic E-state index is 0.156. The van der Waals surface area contributed by atoms with Crippen LogP contribution in [0.1, 0.15) is 29.2 Å². The first kappa shape index (κ1) is 27.7. The third-order valence-electron chi connectivity index (χ3n) is 8.15. The summed E-state index contributed by atoms with van der Waals surface area (Å²) in [6, 6.07) is 33.7. The number of aromatic nitrogens is 2. The van der Waals surface area contributed by atoms with E-state index in [9.17, 15) is 4.79 Å². The maximum Gasteiger partial charge on any atom is 0.314 e. The Morgan fingerprint density at radius 2 is 1.76 bits per heavy atom. The summed E-state index contributed by atoms with van der Waals surface area (Å²) in [5, 5.41) is 15.0. The molecule has 1 spiro atoms. The predicted molar refractivity (Wildman–Crippen MR) is 179 cm³/mol. The molecule has 4 aromatic carbocycles. The molecule has 1 N–H and O–H groups in total. The second kappa shape index (κ2) is 11.0. The molecule has 10 heteroatoms. The van der Waals surface area contributed by atoms with Crippen LogP contribution in [0.3, 0.4) is 0 Å². The predicted octanol–water partition coefficient (Wildman–Crippen LogP) is 8.01. The van der Waals surface area contributed by atoms with Crippen LogP contribution >= 0.6 is 27.7 Å². The van der Waals surface area contributed by atoms with Gasteiger partial charge in [0.05, 0.1) is 35.1 Å². The second-order valence-electron chi connectivity index (χ2n) is 10.9. The Labute approximate surface area is 272 Å². The van der Waals surface area contributed by atoms with Gasteiger partial charge in [0.25, 0.3) is 5.24 Å². The van der Waals surface area contributed by atoms with Gasteiger partial charge in [-0.3, -0.25) is 10.1 Å². The lowest BCUT2D eigenvalue weighted by atomic mass is 9.95. The topological polar surface area (TPSA) is 81.0 Å². The largest absolute Gasteiger partial charge is 0.497 e. The third kappa shape index (κ3) is 4.81. The molecule has 0 bridgehead atoms. The maximum absolute atomic E-state index is 13.3. The molecule has 8 rings (SSSR count). The van der Waals surface area contributed by atoms with E-state index in [1.807, 2.05) is 107 Å². The van der Waals surface area contributed by atoms with Gasteiger partial charge in [-0.2, -0.15) is 10.2 Å². The van der Waals surface area contributed by atoms with E-state index in [2.05, 4.69) is 39.4 Å². The molecule has 3 aliphatic rings. The van der Waals surface area contributed by atoms with Crippen LogP contribution < -0.4 is 14.8 Å². The molecular formula is C35H26BrN5O3S. The zero-order valence-electron chi connectivity index (χ0n) is 24.1. The fourth-order valence-electron chi connectivity index (χ4n) is 6.01. The lowest BCUT2D eigenvalue weighted by molar-refractivity contribution is -0.0949. The van der Waals surface area contributed by atoms with Gasteiger partial charge in [0, 0.05) is 33.8 Å². The normalized spacial score (nSPS) is 20.9. The van der Waals surface area contributed by atoms with E-state index in [1.165, 1.54) is 0 Å². The number of para-hydroxylation sites is 1. The van der Waals surface area contributed by atoms with E-state index in [0.29, 0.717) is 17.1 Å². The van der Waals surface area contributed by atoms with Crippen molar-refractivity contribution in [3.8, 4) is 28.4 Å². The fourth-order valence-corrected chi connectivity index (χ4v) is 7.29. The molecule has 0 aliphatic carbocycles. The van der Waals surface area contributed by atoms with Crippen LogP contribution in [0.4, 0.5) is 4.79 Å². The SMILES string of the molecule is COc1ccc(-c2nn(-c3ccccc3)cc2C=C2SC(=O)NC23Oc2ccc(Br)cc2C2CC(c4ccccc4)=NN23)cc1. The van der Waals surface area contributed by atoms with Crippen molar-refractivity contribution < 1.29 is 14.3 Å². The smallest absolute Gasteiger partial charge is 0.314 e. The number of thioether (sulfide) groups is 1. The molecule has 5 aromatic rings. The summed E-state index contributed by atoms with van der Waals surface area (Å²) in [6.45, 7) is 0. The fraction of sp³-hybridized carbons (Fsp3) is 0.114. The number of fused-ring (bicyclic) bond motifs is 4. The average Bonchev–Trinajstić information content (AvgIpc) is 3.79. The van der Waals surface area contributed by atoms with Crippen molar-refractivity contribution >= 4 is 44.7 Å². The van der Waals surface area contributed by atoms with Crippen molar-refractivity contribution in [1.82, 2.24) is 20.1 Å². The van der Waals surface area contributed by atoms with E-state index in [0.717, 1.165) is 61.3 Å². The molecule has 0 radical (unpaired) electrons. The minimum Gasteiger partial charge on any atom is -0.497 e. The number of halogens is 1. The summed E-state index contributed by atoms with van der Waals surface area (Å²) in [5.41, 5.74) is 6.39. The number of hydrogen-bond acceptors (Lipinski definition) is 7. The first-order valence-electron chi connectivity index (χ1n) is 14.4. The first-order valence-corrected chi connectivity index (χ1v) is 16.0. The van der Waals surface area contributed by atoms with E-state index in [4.69, 9.17) is 19.7 Å². The van der Waals surface area contributed by atoms with Crippen LogP contribution in [0.15, 0.2) is 124 Å². The Bertz CT molecular complexity index is 2000. The highest BCUT2D eigenvalue weighted by molar-refractivity contribution is 9.10. The van der Waals surface area contributed by atoms with Gasteiger partial charge >= 0.3 is 5.85 Å². The van der Waals surface area contributed by atoms with E-state index in [1.54, 1.807) is 7.11 Å². The van der Waals surface area contributed by atoms with Gasteiger partial charge in [-0.1, -0.05) is 64.5 Å². The highest BCUT2D eigenvalue weighted by Crippen LogP contribution is 2.53. The van der Waals surface area contributed by atoms with Gasteiger partial charge in [0.2, 0.25) is 0 Å². The van der Waals surface area contributed by atoms with Gasteiger partial charge in [-0.05, 0) is 78.0 Å². The summed E-state index contributed by atoms with van der Waals surface area (Å²) < 4.78 is 15.0. The number of nitrogens with one attached hydrogen (secondary N) is 1. The Kier molecular flexibility index (Phi) is 6.76. The number of hydrogen-bond donors (Lipinski definition) is 1. The summed E-state index contributed by atoms with van der Waals surface area (Å²) in [5.74, 6) is 0.123. The molecule has 1 amide bonds. The van der Waals surface area contributed by atoms with E-state index < -0.39 is 5.85 Å². The number of carbonyl (C=O) groups excluding carboxylic acids is 1. The summed E-state index contributed by atoms with van der Waals surface area (Å²) >= 11 is 4.75. The van der Waals surface area contributed by atoms with Crippen LogP contribution in [-0.2, 0) is 0 Å².